The number of methoxy groups -OCH3 is 1. The minimum absolute atomic E-state index is 0.143. The molecule has 1 N–H and O–H groups in total. The predicted molar refractivity (Wildman–Crippen MR) is 95.8 cm³/mol. The van der Waals surface area contributed by atoms with Crippen molar-refractivity contribution in [2.75, 3.05) is 7.11 Å². The molecule has 136 valence electrons. The highest BCUT2D eigenvalue weighted by Gasteiger charge is 2.21. The zero-order chi connectivity index (χ0) is 18.4. The molecule has 1 aromatic carbocycles. The molecule has 0 unspecified atom stereocenters. The van der Waals surface area contributed by atoms with Gasteiger partial charge in [-0.05, 0) is 43.7 Å². The first-order chi connectivity index (χ1) is 11.9. The van der Waals surface area contributed by atoms with E-state index in [1.165, 1.54) is 13.2 Å². The first kappa shape index (κ1) is 19.0. The predicted octanol–water partition coefficient (Wildman–Crippen LogP) is 4.13. The molecular weight excluding hydrogens is 320 g/mol. The Labute approximate surface area is 148 Å². The molecule has 0 aromatic heterocycles. The number of fused-ring (bicyclic) bond motifs is 1. The number of carbonyl (C=O) groups is 2. The Kier molecular flexibility index (Phi) is 6.62. The summed E-state index contributed by atoms with van der Waals surface area (Å²) >= 11 is 0. The van der Waals surface area contributed by atoms with Crippen molar-refractivity contribution in [1.82, 2.24) is 0 Å². The number of aromatic hydroxyl groups is 1. The lowest BCUT2D eigenvalue weighted by Gasteiger charge is -2.16. The van der Waals surface area contributed by atoms with E-state index in [1.807, 2.05) is 13.0 Å². The summed E-state index contributed by atoms with van der Waals surface area (Å²) in [7, 11) is 1.50. The van der Waals surface area contributed by atoms with Crippen LogP contribution in [0.2, 0.25) is 0 Å². The van der Waals surface area contributed by atoms with Gasteiger partial charge >= 0.3 is 5.97 Å². The molecule has 2 atom stereocenters. The summed E-state index contributed by atoms with van der Waals surface area (Å²) in [5.74, 6) is 0.166. The number of cyclic esters (lactones) is 1. The van der Waals surface area contributed by atoms with Crippen molar-refractivity contribution < 1.29 is 24.2 Å². The molecule has 1 heterocycles. The van der Waals surface area contributed by atoms with Crippen LogP contribution in [-0.2, 0) is 9.53 Å². The van der Waals surface area contributed by atoms with Gasteiger partial charge in [0.15, 0.2) is 0 Å². The molecule has 0 aliphatic carbocycles. The van der Waals surface area contributed by atoms with E-state index in [1.54, 1.807) is 19.1 Å². The Balaban J connectivity index is 2.40. The molecule has 0 radical (unpaired) electrons. The fraction of sp³-hybridized carbons (Fsp3) is 0.500. The molecule has 0 fully saturated rings. The van der Waals surface area contributed by atoms with Gasteiger partial charge in [-0.2, -0.15) is 0 Å². The monoisotopic (exact) mass is 346 g/mol. The quantitative estimate of drug-likeness (QED) is 0.774. The zero-order valence-electron chi connectivity index (χ0n) is 15.1. The maximum absolute atomic E-state index is 12.5. The van der Waals surface area contributed by atoms with Gasteiger partial charge in [0.05, 0.1) is 13.2 Å². The van der Waals surface area contributed by atoms with E-state index in [2.05, 4.69) is 0 Å². The van der Waals surface area contributed by atoms with Gasteiger partial charge in [-0.15, -0.1) is 0 Å². The maximum Gasteiger partial charge on any atom is 0.342 e. The second-order valence-electron chi connectivity index (χ2n) is 6.63. The van der Waals surface area contributed by atoms with Crippen molar-refractivity contribution in [1.29, 1.82) is 0 Å². The van der Waals surface area contributed by atoms with Crippen LogP contribution in [0, 0.1) is 5.92 Å². The Morgan fingerprint density at radius 1 is 1.16 bits per heavy atom. The van der Waals surface area contributed by atoms with Crippen molar-refractivity contribution in [2.45, 2.75) is 52.1 Å². The lowest BCUT2D eigenvalue weighted by Crippen LogP contribution is -2.17. The largest absolute Gasteiger partial charge is 0.507 e. The SMILES string of the molecule is COc1cc(O)c2c(c1)/C=C/[C@@H](C)CCC(=O)CCC[C@H](C)OC2=O. The van der Waals surface area contributed by atoms with Crippen LogP contribution in [0.1, 0.15) is 61.9 Å². The fourth-order valence-corrected chi connectivity index (χ4v) is 2.86. The van der Waals surface area contributed by atoms with Crippen molar-refractivity contribution in [3.63, 3.8) is 0 Å². The van der Waals surface area contributed by atoms with Gasteiger partial charge in [0, 0.05) is 18.9 Å². The van der Waals surface area contributed by atoms with Crippen LogP contribution < -0.4 is 4.74 Å². The number of rotatable bonds is 1. The number of carbonyl (C=O) groups excluding carboxylic acids is 2. The summed E-state index contributed by atoms with van der Waals surface area (Å²) in [5, 5.41) is 10.3. The molecule has 0 spiro atoms. The van der Waals surface area contributed by atoms with Crippen LogP contribution in [-0.4, -0.2) is 30.1 Å². The van der Waals surface area contributed by atoms with E-state index in [-0.39, 0.29) is 29.1 Å². The summed E-state index contributed by atoms with van der Waals surface area (Å²) in [6.07, 6.45) is 6.54. The lowest BCUT2D eigenvalue weighted by molar-refractivity contribution is -0.119. The van der Waals surface area contributed by atoms with Gasteiger partial charge in [-0.25, -0.2) is 4.79 Å². The van der Waals surface area contributed by atoms with Gasteiger partial charge in [-0.1, -0.05) is 19.1 Å². The molecule has 2 rings (SSSR count). The van der Waals surface area contributed by atoms with Crippen LogP contribution in [0.15, 0.2) is 18.2 Å². The summed E-state index contributed by atoms with van der Waals surface area (Å²) in [6.45, 7) is 3.82. The second kappa shape index (κ2) is 8.70. The summed E-state index contributed by atoms with van der Waals surface area (Å²) in [6, 6.07) is 3.10. The summed E-state index contributed by atoms with van der Waals surface area (Å²) in [4.78, 5) is 24.4. The molecule has 1 aromatic rings. The number of phenols is 1. The number of phenolic OH excluding ortho intramolecular Hbond substituents is 1. The van der Waals surface area contributed by atoms with E-state index in [0.717, 1.165) is 6.42 Å². The summed E-state index contributed by atoms with van der Waals surface area (Å²) < 4.78 is 10.6. The van der Waals surface area contributed by atoms with Gasteiger partial charge < -0.3 is 14.6 Å². The third-order valence-corrected chi connectivity index (χ3v) is 4.42. The van der Waals surface area contributed by atoms with Crippen molar-refractivity contribution >= 4 is 17.8 Å². The molecule has 0 amide bonds. The molecule has 5 heteroatoms. The average Bonchev–Trinajstić information content (AvgIpc) is 2.56. The van der Waals surface area contributed by atoms with Crippen LogP contribution in [0.25, 0.3) is 6.08 Å². The number of ketones is 1. The van der Waals surface area contributed by atoms with Gasteiger partial charge in [0.25, 0.3) is 0 Å². The highest BCUT2D eigenvalue weighted by Crippen LogP contribution is 2.30. The van der Waals surface area contributed by atoms with Crippen molar-refractivity contribution in [3.05, 3.63) is 29.3 Å². The molecule has 25 heavy (non-hydrogen) atoms. The van der Waals surface area contributed by atoms with E-state index < -0.39 is 5.97 Å². The third-order valence-electron chi connectivity index (χ3n) is 4.42. The summed E-state index contributed by atoms with van der Waals surface area (Å²) in [5.41, 5.74) is 0.688. The molecule has 0 saturated carbocycles. The number of ether oxygens (including phenoxy) is 2. The molecular formula is C20H26O5. The Morgan fingerprint density at radius 3 is 2.64 bits per heavy atom. The van der Waals surface area contributed by atoms with Crippen molar-refractivity contribution in [3.8, 4) is 11.5 Å². The topological polar surface area (TPSA) is 72.8 Å². The van der Waals surface area contributed by atoms with Crippen LogP contribution in [0.3, 0.4) is 0 Å². The van der Waals surface area contributed by atoms with E-state index in [4.69, 9.17) is 9.47 Å². The van der Waals surface area contributed by atoms with Gasteiger partial charge in [0.2, 0.25) is 0 Å². The van der Waals surface area contributed by atoms with Crippen LogP contribution in [0.5, 0.6) is 11.5 Å². The van der Waals surface area contributed by atoms with E-state index >= 15 is 0 Å². The highest BCUT2D eigenvalue weighted by atomic mass is 16.5. The Morgan fingerprint density at radius 2 is 1.92 bits per heavy atom. The number of hydrogen-bond acceptors (Lipinski definition) is 5. The number of benzene rings is 1. The maximum atomic E-state index is 12.5. The van der Waals surface area contributed by atoms with Crippen molar-refractivity contribution in [2.24, 2.45) is 5.92 Å². The van der Waals surface area contributed by atoms with Crippen LogP contribution >= 0.6 is 0 Å². The normalized spacial score (nSPS) is 24.0. The molecule has 0 bridgehead atoms. The van der Waals surface area contributed by atoms with Crippen LogP contribution in [0.4, 0.5) is 0 Å². The Hall–Kier alpha value is -2.30. The highest BCUT2D eigenvalue weighted by molar-refractivity contribution is 5.97. The average molecular weight is 346 g/mol. The number of hydrogen-bond donors (Lipinski definition) is 1. The van der Waals surface area contributed by atoms with Gasteiger partial charge in [0.1, 0.15) is 22.8 Å². The minimum Gasteiger partial charge on any atom is -0.507 e. The molecule has 1 aliphatic rings. The minimum atomic E-state index is -0.566. The molecule has 1 aliphatic heterocycles. The first-order valence-corrected chi connectivity index (χ1v) is 8.72. The van der Waals surface area contributed by atoms with E-state index in [0.29, 0.717) is 37.0 Å². The second-order valence-corrected chi connectivity index (χ2v) is 6.63. The smallest absolute Gasteiger partial charge is 0.342 e. The Bertz CT molecular complexity index is 662. The zero-order valence-corrected chi connectivity index (χ0v) is 15.1. The lowest BCUT2D eigenvalue weighted by atomic mass is 9.97. The third kappa shape index (κ3) is 5.34. The standard InChI is InChI=1S/C20H26O5/c1-13-7-9-15-11-17(24-3)12-18(22)19(15)20(23)25-14(2)5-4-6-16(21)10-8-13/h7,9,11-14,22H,4-6,8,10H2,1-3H3/b9-7+/t13-,14+/m1/s1. The fourth-order valence-electron chi connectivity index (χ4n) is 2.86. The van der Waals surface area contributed by atoms with Gasteiger partial charge in [-0.3, -0.25) is 4.79 Å². The number of allylic oxidation sites excluding steroid dienone is 1. The number of Topliss-reactive ketones (excluding diaryl/α,β-unsaturated/α-hetero) is 1. The first-order valence-electron chi connectivity index (χ1n) is 8.72. The molecule has 0 saturated heterocycles. The molecule has 5 nitrogen and oxygen atoms in total. The number of esters is 1. The van der Waals surface area contributed by atoms with E-state index in [9.17, 15) is 14.7 Å².